The van der Waals surface area contributed by atoms with Crippen LogP contribution >= 0.6 is 0 Å². The van der Waals surface area contributed by atoms with Gasteiger partial charge >= 0.3 is 6.09 Å². The summed E-state index contributed by atoms with van der Waals surface area (Å²) in [7, 11) is 6.26. The summed E-state index contributed by atoms with van der Waals surface area (Å²) in [5, 5.41) is 0. The Morgan fingerprint density at radius 1 is 1.20 bits per heavy atom. The van der Waals surface area contributed by atoms with Crippen LogP contribution in [0, 0.1) is 0 Å². The van der Waals surface area contributed by atoms with Crippen molar-refractivity contribution >= 4 is 11.9 Å². The molecule has 0 saturated carbocycles. The van der Waals surface area contributed by atoms with Crippen LogP contribution in [0.5, 0.6) is 11.5 Å². The monoisotopic (exact) mass is 347 g/mol. The van der Waals surface area contributed by atoms with Crippen molar-refractivity contribution in [1.82, 2.24) is 4.90 Å². The second-order valence-electron chi connectivity index (χ2n) is 6.17. The van der Waals surface area contributed by atoms with Gasteiger partial charge in [0.15, 0.2) is 17.3 Å². The van der Waals surface area contributed by atoms with Crippen molar-refractivity contribution in [2.24, 2.45) is 0 Å². The summed E-state index contributed by atoms with van der Waals surface area (Å²) >= 11 is 0. The van der Waals surface area contributed by atoms with Crippen LogP contribution in [0.25, 0.3) is 0 Å². The molecule has 136 valence electrons. The van der Waals surface area contributed by atoms with Gasteiger partial charge in [0.1, 0.15) is 0 Å². The average molecular weight is 347 g/mol. The molecule has 25 heavy (non-hydrogen) atoms. The van der Waals surface area contributed by atoms with Crippen molar-refractivity contribution < 1.29 is 23.8 Å². The number of hydrogen-bond donors (Lipinski definition) is 0. The van der Waals surface area contributed by atoms with Gasteiger partial charge < -0.3 is 19.1 Å². The highest BCUT2D eigenvalue weighted by Gasteiger charge is 2.34. The van der Waals surface area contributed by atoms with E-state index in [2.05, 4.69) is 0 Å². The molecule has 0 aliphatic heterocycles. The number of amides is 1. The van der Waals surface area contributed by atoms with Crippen LogP contribution in [-0.4, -0.2) is 51.7 Å². The molecule has 2 rings (SSSR count). The average Bonchev–Trinajstić information content (AvgIpc) is 2.66. The number of carbonyl (C=O) groups excluding carboxylic acids is 2. The second-order valence-corrected chi connectivity index (χ2v) is 6.17. The largest absolute Gasteiger partial charge is 0.493 e. The molecule has 0 saturated heterocycles. The first-order valence-corrected chi connectivity index (χ1v) is 8.19. The van der Waals surface area contributed by atoms with E-state index in [-0.39, 0.29) is 17.3 Å². The zero-order chi connectivity index (χ0) is 18.4. The number of hydrogen-bond acceptors (Lipinski definition) is 5. The molecule has 0 radical (unpaired) electrons. The van der Waals surface area contributed by atoms with E-state index in [0.29, 0.717) is 37.3 Å². The molecule has 1 atom stereocenters. The van der Waals surface area contributed by atoms with E-state index in [1.165, 1.54) is 12.0 Å². The molecule has 1 amide bonds. The Kier molecular flexibility index (Phi) is 6.07. The molecule has 0 aromatic heterocycles. The van der Waals surface area contributed by atoms with Gasteiger partial charge in [0.25, 0.3) is 0 Å². The van der Waals surface area contributed by atoms with E-state index < -0.39 is 0 Å². The SMILES string of the molecule is COC(=O)N(C)CCC1(c2ccc(OC)c(OC)c2)C=CC(=O)CC1. The van der Waals surface area contributed by atoms with E-state index in [1.54, 1.807) is 27.3 Å². The van der Waals surface area contributed by atoms with Crippen LogP contribution < -0.4 is 9.47 Å². The molecule has 1 unspecified atom stereocenters. The van der Waals surface area contributed by atoms with Crippen LogP contribution in [0.1, 0.15) is 24.8 Å². The Labute approximate surface area is 148 Å². The van der Waals surface area contributed by atoms with Gasteiger partial charge in [-0.05, 0) is 36.6 Å². The summed E-state index contributed by atoms with van der Waals surface area (Å²) in [6.07, 6.45) is 5.06. The number of carbonyl (C=O) groups is 2. The Hall–Kier alpha value is -2.50. The van der Waals surface area contributed by atoms with Gasteiger partial charge in [0.2, 0.25) is 0 Å². The first-order valence-electron chi connectivity index (χ1n) is 8.19. The molecule has 1 aliphatic rings. The summed E-state index contributed by atoms with van der Waals surface area (Å²) in [5.41, 5.74) is 0.697. The minimum absolute atomic E-state index is 0.123. The van der Waals surface area contributed by atoms with Crippen molar-refractivity contribution in [2.45, 2.75) is 24.7 Å². The number of ketones is 1. The van der Waals surface area contributed by atoms with Gasteiger partial charge in [0, 0.05) is 25.4 Å². The Bertz CT molecular complexity index is 670. The molecule has 0 spiro atoms. The number of rotatable bonds is 6. The maximum absolute atomic E-state index is 11.7. The highest BCUT2D eigenvalue weighted by atomic mass is 16.5. The number of benzene rings is 1. The molecule has 1 aliphatic carbocycles. The van der Waals surface area contributed by atoms with Crippen molar-refractivity contribution in [1.29, 1.82) is 0 Å². The summed E-state index contributed by atoms with van der Waals surface area (Å²) in [6, 6.07) is 5.79. The summed E-state index contributed by atoms with van der Waals surface area (Å²) in [4.78, 5) is 24.9. The normalized spacial score (nSPS) is 19.4. The third-order valence-corrected chi connectivity index (χ3v) is 4.74. The number of allylic oxidation sites excluding steroid dienone is 2. The molecule has 1 aromatic rings. The van der Waals surface area contributed by atoms with Crippen molar-refractivity contribution in [3.05, 3.63) is 35.9 Å². The number of methoxy groups -OCH3 is 3. The van der Waals surface area contributed by atoms with E-state index >= 15 is 0 Å². The predicted molar refractivity (Wildman–Crippen MR) is 94.3 cm³/mol. The highest BCUT2D eigenvalue weighted by Crippen LogP contribution is 2.41. The molecule has 6 heteroatoms. The number of nitrogens with zero attached hydrogens (tertiary/aromatic N) is 1. The zero-order valence-electron chi connectivity index (χ0n) is 15.2. The minimum atomic E-state index is -0.377. The molecular formula is C19H25NO5. The van der Waals surface area contributed by atoms with Crippen molar-refractivity contribution in [3.8, 4) is 11.5 Å². The quantitative estimate of drug-likeness (QED) is 0.791. The maximum atomic E-state index is 11.7. The predicted octanol–water partition coefficient (Wildman–Crippen LogP) is 2.95. The van der Waals surface area contributed by atoms with Gasteiger partial charge in [-0.1, -0.05) is 12.1 Å². The molecule has 1 aromatic carbocycles. The standard InChI is InChI=1S/C19H25NO5/c1-20(18(22)25-4)12-11-19(9-7-15(21)8-10-19)14-5-6-16(23-2)17(13-14)24-3/h5-7,9,13H,8,10-12H2,1-4H3. The van der Waals surface area contributed by atoms with Crippen LogP contribution in [0.15, 0.2) is 30.4 Å². The van der Waals surface area contributed by atoms with Crippen LogP contribution in [0.4, 0.5) is 4.79 Å². The Balaban J connectivity index is 2.34. The first-order chi connectivity index (χ1) is 12.0. The van der Waals surface area contributed by atoms with Gasteiger partial charge in [-0.25, -0.2) is 4.79 Å². The van der Waals surface area contributed by atoms with E-state index in [9.17, 15) is 9.59 Å². The summed E-state index contributed by atoms with van der Waals surface area (Å²) in [5.74, 6) is 1.42. The lowest BCUT2D eigenvalue weighted by atomic mass is 9.71. The lowest BCUT2D eigenvalue weighted by Crippen LogP contribution is -2.35. The van der Waals surface area contributed by atoms with Crippen LogP contribution in [-0.2, 0) is 14.9 Å². The lowest BCUT2D eigenvalue weighted by Gasteiger charge is -2.35. The van der Waals surface area contributed by atoms with Crippen LogP contribution in [0.3, 0.4) is 0 Å². The third-order valence-electron chi connectivity index (χ3n) is 4.74. The van der Waals surface area contributed by atoms with Crippen molar-refractivity contribution in [3.63, 3.8) is 0 Å². The smallest absolute Gasteiger partial charge is 0.409 e. The van der Waals surface area contributed by atoms with E-state index in [0.717, 1.165) is 5.56 Å². The fourth-order valence-electron chi connectivity index (χ4n) is 3.12. The first kappa shape index (κ1) is 18.8. The van der Waals surface area contributed by atoms with E-state index in [1.807, 2.05) is 24.3 Å². The summed E-state index contributed by atoms with van der Waals surface area (Å²) in [6.45, 7) is 0.513. The fourth-order valence-corrected chi connectivity index (χ4v) is 3.12. The van der Waals surface area contributed by atoms with Gasteiger partial charge in [-0.2, -0.15) is 0 Å². The molecule has 0 N–H and O–H groups in total. The minimum Gasteiger partial charge on any atom is -0.493 e. The number of ether oxygens (including phenoxy) is 3. The molecular weight excluding hydrogens is 322 g/mol. The second kappa shape index (κ2) is 8.05. The third kappa shape index (κ3) is 4.13. The fraction of sp³-hybridized carbons (Fsp3) is 0.474. The maximum Gasteiger partial charge on any atom is 0.409 e. The van der Waals surface area contributed by atoms with Gasteiger partial charge in [-0.15, -0.1) is 0 Å². The molecule has 0 bridgehead atoms. The van der Waals surface area contributed by atoms with Gasteiger partial charge in [-0.3, -0.25) is 4.79 Å². The molecule has 0 heterocycles. The summed E-state index contributed by atoms with van der Waals surface area (Å²) < 4.78 is 15.5. The van der Waals surface area contributed by atoms with Crippen LogP contribution in [0.2, 0.25) is 0 Å². The Morgan fingerprint density at radius 2 is 1.92 bits per heavy atom. The van der Waals surface area contributed by atoms with Gasteiger partial charge in [0.05, 0.1) is 21.3 Å². The van der Waals surface area contributed by atoms with Crippen molar-refractivity contribution in [2.75, 3.05) is 34.9 Å². The molecule has 0 fully saturated rings. The zero-order valence-corrected chi connectivity index (χ0v) is 15.2. The molecule has 6 nitrogen and oxygen atoms in total. The topological polar surface area (TPSA) is 65.1 Å². The van der Waals surface area contributed by atoms with E-state index in [4.69, 9.17) is 14.2 Å². The lowest BCUT2D eigenvalue weighted by molar-refractivity contribution is -0.115. The Morgan fingerprint density at radius 3 is 2.48 bits per heavy atom. The highest BCUT2D eigenvalue weighted by molar-refractivity contribution is 5.91.